The molecular weight excluding hydrogens is 248 g/mol. The van der Waals surface area contributed by atoms with Gasteiger partial charge in [-0.2, -0.15) is 0 Å². The van der Waals surface area contributed by atoms with Crippen molar-refractivity contribution in [2.45, 2.75) is 30.5 Å². The van der Waals surface area contributed by atoms with Crippen molar-refractivity contribution in [2.75, 3.05) is 0 Å². The monoisotopic (exact) mass is 262 g/mol. The fraction of sp³-hybridized carbons (Fsp3) is 0.429. The lowest BCUT2D eigenvalue weighted by Gasteiger charge is -2.21. The summed E-state index contributed by atoms with van der Waals surface area (Å²) in [6.45, 7) is 0. The highest BCUT2D eigenvalue weighted by Gasteiger charge is 2.17. The average molecular weight is 263 g/mol. The van der Waals surface area contributed by atoms with Crippen molar-refractivity contribution >= 4 is 15.9 Å². The van der Waals surface area contributed by atoms with E-state index >= 15 is 0 Å². The van der Waals surface area contributed by atoms with Crippen LogP contribution in [0.3, 0.4) is 0 Å². The molecule has 0 bridgehead atoms. The van der Waals surface area contributed by atoms with Gasteiger partial charge in [-0.25, -0.2) is 0 Å². The summed E-state index contributed by atoms with van der Waals surface area (Å²) in [6, 6.07) is 10.2. The fourth-order valence-electron chi connectivity index (χ4n) is 1.97. The molecule has 1 heteroatoms. The zero-order valence-corrected chi connectivity index (χ0v) is 10.3. The SMILES string of the molecule is Br[C@@H]1CCC[C@@H](C#Cc2ccccc2)C1. The molecule has 0 aliphatic heterocycles. The molecule has 0 spiro atoms. The minimum atomic E-state index is 0.586. The van der Waals surface area contributed by atoms with Crippen LogP contribution in [0.4, 0.5) is 0 Å². The molecule has 1 saturated carbocycles. The maximum Gasteiger partial charge on any atom is 0.0245 e. The molecule has 2 atom stereocenters. The zero-order valence-electron chi connectivity index (χ0n) is 8.75. The Kier molecular flexibility index (Phi) is 3.86. The molecule has 0 radical (unpaired) electrons. The Balaban J connectivity index is 1.99. The van der Waals surface area contributed by atoms with Crippen LogP contribution in [0.1, 0.15) is 31.2 Å². The van der Waals surface area contributed by atoms with Crippen molar-refractivity contribution in [1.82, 2.24) is 0 Å². The molecule has 1 aliphatic rings. The van der Waals surface area contributed by atoms with Gasteiger partial charge in [0, 0.05) is 16.3 Å². The van der Waals surface area contributed by atoms with E-state index in [4.69, 9.17) is 0 Å². The van der Waals surface area contributed by atoms with Crippen LogP contribution in [0.25, 0.3) is 0 Å². The van der Waals surface area contributed by atoms with Gasteiger partial charge in [-0.15, -0.1) is 0 Å². The number of benzene rings is 1. The van der Waals surface area contributed by atoms with Gasteiger partial charge in [0.1, 0.15) is 0 Å². The molecule has 1 aromatic rings. The van der Waals surface area contributed by atoms with Gasteiger partial charge in [-0.3, -0.25) is 0 Å². The van der Waals surface area contributed by atoms with Crippen LogP contribution in [0.5, 0.6) is 0 Å². The van der Waals surface area contributed by atoms with Gasteiger partial charge in [-0.05, 0) is 31.4 Å². The van der Waals surface area contributed by atoms with Crippen molar-refractivity contribution in [2.24, 2.45) is 5.92 Å². The van der Waals surface area contributed by atoms with Gasteiger partial charge >= 0.3 is 0 Å². The molecular formula is C14H15Br. The molecule has 1 aromatic carbocycles. The number of alkyl halides is 1. The van der Waals surface area contributed by atoms with E-state index < -0.39 is 0 Å². The predicted molar refractivity (Wildman–Crippen MR) is 68.0 cm³/mol. The minimum absolute atomic E-state index is 0.586. The summed E-state index contributed by atoms with van der Waals surface area (Å²) in [6.07, 6.45) is 5.09. The molecule has 15 heavy (non-hydrogen) atoms. The minimum Gasteiger partial charge on any atom is -0.0944 e. The van der Waals surface area contributed by atoms with Crippen LogP contribution < -0.4 is 0 Å². The summed E-state index contributed by atoms with van der Waals surface area (Å²) in [7, 11) is 0. The summed E-state index contributed by atoms with van der Waals surface area (Å²) < 4.78 is 0. The van der Waals surface area contributed by atoms with Crippen LogP contribution in [-0.4, -0.2) is 4.83 Å². The third-order valence-corrected chi connectivity index (χ3v) is 3.64. The van der Waals surface area contributed by atoms with E-state index in [1.807, 2.05) is 18.2 Å². The number of halogens is 1. The van der Waals surface area contributed by atoms with Crippen LogP contribution in [0.15, 0.2) is 30.3 Å². The molecule has 0 saturated heterocycles. The van der Waals surface area contributed by atoms with E-state index in [1.165, 1.54) is 25.7 Å². The lowest BCUT2D eigenvalue weighted by Crippen LogP contribution is -2.13. The highest BCUT2D eigenvalue weighted by Crippen LogP contribution is 2.28. The van der Waals surface area contributed by atoms with Gasteiger partial charge in [0.05, 0.1) is 0 Å². The summed E-state index contributed by atoms with van der Waals surface area (Å²) >= 11 is 3.69. The Bertz CT molecular complexity index is 358. The lowest BCUT2D eigenvalue weighted by molar-refractivity contribution is 0.445. The first kappa shape index (κ1) is 10.8. The van der Waals surface area contributed by atoms with E-state index in [-0.39, 0.29) is 0 Å². The van der Waals surface area contributed by atoms with Gasteiger partial charge in [-0.1, -0.05) is 52.4 Å². The first-order valence-electron chi connectivity index (χ1n) is 5.55. The fourth-order valence-corrected chi connectivity index (χ4v) is 2.74. The molecule has 0 unspecified atom stereocenters. The normalized spacial score (nSPS) is 25.4. The Labute approximate surface area is 100 Å². The number of hydrogen-bond donors (Lipinski definition) is 0. The lowest BCUT2D eigenvalue weighted by atomic mass is 9.89. The van der Waals surface area contributed by atoms with Crippen LogP contribution in [-0.2, 0) is 0 Å². The van der Waals surface area contributed by atoms with Gasteiger partial charge in [0.15, 0.2) is 0 Å². The van der Waals surface area contributed by atoms with Crippen molar-refractivity contribution in [3.8, 4) is 11.8 Å². The first-order valence-corrected chi connectivity index (χ1v) is 6.47. The summed E-state index contributed by atoms with van der Waals surface area (Å²) in [5.74, 6) is 7.24. The molecule has 0 heterocycles. The molecule has 0 aromatic heterocycles. The number of hydrogen-bond acceptors (Lipinski definition) is 0. The molecule has 78 valence electrons. The molecule has 0 nitrogen and oxygen atoms in total. The average Bonchev–Trinajstić information content (AvgIpc) is 2.28. The second-order valence-corrected chi connectivity index (χ2v) is 5.39. The molecule has 1 aliphatic carbocycles. The van der Waals surface area contributed by atoms with Crippen LogP contribution in [0.2, 0.25) is 0 Å². The third kappa shape index (κ3) is 3.39. The smallest absolute Gasteiger partial charge is 0.0245 e. The van der Waals surface area contributed by atoms with Crippen LogP contribution in [0, 0.1) is 17.8 Å². The molecule has 2 rings (SSSR count). The Morgan fingerprint density at radius 3 is 2.67 bits per heavy atom. The Morgan fingerprint density at radius 1 is 1.13 bits per heavy atom. The van der Waals surface area contributed by atoms with Crippen LogP contribution >= 0.6 is 15.9 Å². The summed E-state index contributed by atoms with van der Waals surface area (Å²) in [5.41, 5.74) is 1.13. The van der Waals surface area contributed by atoms with Gasteiger partial charge < -0.3 is 0 Å². The first-order chi connectivity index (χ1) is 7.34. The summed E-state index contributed by atoms with van der Waals surface area (Å²) in [5, 5.41) is 0. The van der Waals surface area contributed by atoms with E-state index in [1.54, 1.807) is 0 Å². The highest BCUT2D eigenvalue weighted by molar-refractivity contribution is 9.09. The van der Waals surface area contributed by atoms with E-state index in [0.717, 1.165) is 5.56 Å². The van der Waals surface area contributed by atoms with E-state index in [2.05, 4.69) is 39.9 Å². The van der Waals surface area contributed by atoms with Gasteiger partial charge in [0.2, 0.25) is 0 Å². The van der Waals surface area contributed by atoms with E-state index in [9.17, 15) is 0 Å². The topological polar surface area (TPSA) is 0 Å². The van der Waals surface area contributed by atoms with Gasteiger partial charge in [0.25, 0.3) is 0 Å². The summed E-state index contributed by atoms with van der Waals surface area (Å²) in [4.78, 5) is 0.682. The maximum atomic E-state index is 3.69. The Morgan fingerprint density at radius 2 is 1.93 bits per heavy atom. The van der Waals surface area contributed by atoms with Crippen molar-refractivity contribution < 1.29 is 0 Å². The molecule has 0 amide bonds. The standard InChI is InChI=1S/C14H15Br/c15-14-8-4-7-13(11-14)10-9-12-5-2-1-3-6-12/h1-3,5-6,13-14H,4,7-8,11H2/t13-,14+/m0/s1. The number of rotatable bonds is 0. The molecule has 1 fully saturated rings. The largest absolute Gasteiger partial charge is 0.0944 e. The second kappa shape index (κ2) is 5.37. The second-order valence-electron chi connectivity index (χ2n) is 4.10. The highest BCUT2D eigenvalue weighted by atomic mass is 79.9. The van der Waals surface area contributed by atoms with Crippen molar-refractivity contribution in [3.63, 3.8) is 0 Å². The predicted octanol–water partition coefficient (Wildman–Crippen LogP) is 3.99. The Hall–Kier alpha value is -0.740. The van der Waals surface area contributed by atoms with Crippen molar-refractivity contribution in [3.05, 3.63) is 35.9 Å². The maximum absolute atomic E-state index is 3.69. The third-order valence-electron chi connectivity index (χ3n) is 2.80. The van der Waals surface area contributed by atoms with Crippen molar-refractivity contribution in [1.29, 1.82) is 0 Å². The quantitative estimate of drug-likeness (QED) is 0.490. The zero-order chi connectivity index (χ0) is 10.5. The molecule has 0 N–H and O–H groups in total. The van der Waals surface area contributed by atoms with E-state index in [0.29, 0.717) is 10.7 Å².